The van der Waals surface area contributed by atoms with Crippen molar-refractivity contribution in [2.45, 2.75) is 37.6 Å². The van der Waals surface area contributed by atoms with Crippen LogP contribution in [0.2, 0.25) is 5.02 Å². The van der Waals surface area contributed by atoms with Crippen LogP contribution in [0.5, 0.6) is 0 Å². The molecule has 0 aliphatic heterocycles. The minimum absolute atomic E-state index is 0.116. The highest BCUT2D eigenvalue weighted by atomic mass is 35.5. The van der Waals surface area contributed by atoms with E-state index in [0.29, 0.717) is 17.3 Å². The van der Waals surface area contributed by atoms with Gasteiger partial charge in [0, 0.05) is 18.2 Å². The van der Waals surface area contributed by atoms with Crippen LogP contribution in [0.15, 0.2) is 18.3 Å². The maximum Gasteiger partial charge on any atom is 0.227 e. The van der Waals surface area contributed by atoms with Gasteiger partial charge in [0.1, 0.15) is 0 Å². The first kappa shape index (κ1) is 12.3. The van der Waals surface area contributed by atoms with Gasteiger partial charge in [-0.1, -0.05) is 24.4 Å². The normalized spacial score (nSPS) is 18.0. The molecule has 1 fully saturated rings. The molecular weight excluding hydrogens is 238 g/mol. The Labute approximate surface area is 106 Å². The molecule has 0 aromatic carbocycles. The summed E-state index contributed by atoms with van der Waals surface area (Å²) in [5.41, 5.74) is 5.80. The third kappa shape index (κ3) is 3.17. The van der Waals surface area contributed by atoms with E-state index in [-0.39, 0.29) is 11.4 Å². The van der Waals surface area contributed by atoms with Gasteiger partial charge in [-0.25, -0.2) is 4.98 Å². The summed E-state index contributed by atoms with van der Waals surface area (Å²) >= 11 is 5.91. The zero-order chi connectivity index (χ0) is 12.3. The van der Waals surface area contributed by atoms with Gasteiger partial charge in [0.25, 0.3) is 0 Å². The van der Waals surface area contributed by atoms with Crippen LogP contribution in [0, 0.1) is 0 Å². The molecule has 4 nitrogen and oxygen atoms in total. The quantitative estimate of drug-likeness (QED) is 0.869. The maximum atomic E-state index is 11.8. The highest BCUT2D eigenvalue weighted by Crippen LogP contribution is 2.30. The second kappa shape index (κ2) is 5.02. The molecule has 92 valence electrons. The van der Waals surface area contributed by atoms with Gasteiger partial charge in [-0.2, -0.15) is 0 Å². The fourth-order valence-electron chi connectivity index (χ4n) is 2.23. The first-order chi connectivity index (χ1) is 8.09. The Kier molecular flexibility index (Phi) is 3.64. The number of carbonyl (C=O) groups excluding carboxylic acids is 1. The third-order valence-electron chi connectivity index (χ3n) is 3.13. The minimum Gasteiger partial charge on any atom is -0.325 e. The van der Waals surface area contributed by atoms with Crippen LogP contribution in [0.25, 0.3) is 0 Å². The lowest BCUT2D eigenvalue weighted by Crippen LogP contribution is -2.40. The van der Waals surface area contributed by atoms with Gasteiger partial charge in [0.15, 0.2) is 5.82 Å². The molecule has 1 amide bonds. The first-order valence-electron chi connectivity index (χ1n) is 5.78. The predicted octanol–water partition coefficient (Wildman–Crippen LogP) is 2.34. The predicted molar refractivity (Wildman–Crippen MR) is 67.9 cm³/mol. The van der Waals surface area contributed by atoms with Gasteiger partial charge >= 0.3 is 0 Å². The van der Waals surface area contributed by atoms with Crippen LogP contribution >= 0.6 is 11.6 Å². The van der Waals surface area contributed by atoms with Crippen LogP contribution in [0.1, 0.15) is 32.1 Å². The zero-order valence-electron chi connectivity index (χ0n) is 9.58. The fourth-order valence-corrected chi connectivity index (χ4v) is 2.40. The molecule has 1 aliphatic carbocycles. The topological polar surface area (TPSA) is 68.0 Å². The lowest BCUT2D eigenvalue weighted by molar-refractivity contribution is -0.117. The van der Waals surface area contributed by atoms with Crippen LogP contribution in [0.3, 0.4) is 0 Å². The molecule has 5 heteroatoms. The van der Waals surface area contributed by atoms with Crippen molar-refractivity contribution in [1.82, 2.24) is 4.98 Å². The van der Waals surface area contributed by atoms with E-state index in [0.717, 1.165) is 25.7 Å². The summed E-state index contributed by atoms with van der Waals surface area (Å²) in [5.74, 6) is 0.288. The Hall–Kier alpha value is -1.13. The Balaban J connectivity index is 1.96. The third-order valence-corrected chi connectivity index (χ3v) is 3.43. The lowest BCUT2D eigenvalue weighted by atomic mass is 9.94. The average molecular weight is 254 g/mol. The second-order valence-electron chi connectivity index (χ2n) is 4.63. The van der Waals surface area contributed by atoms with E-state index in [1.165, 1.54) is 0 Å². The Morgan fingerprint density at radius 3 is 2.88 bits per heavy atom. The summed E-state index contributed by atoms with van der Waals surface area (Å²) in [4.78, 5) is 15.8. The van der Waals surface area contributed by atoms with Crippen molar-refractivity contribution in [1.29, 1.82) is 0 Å². The lowest BCUT2D eigenvalue weighted by Gasteiger charge is -2.22. The number of halogens is 1. The minimum atomic E-state index is -0.342. The molecule has 0 spiro atoms. The molecule has 1 aromatic heterocycles. The first-order valence-corrected chi connectivity index (χ1v) is 6.16. The Morgan fingerprint density at radius 1 is 1.53 bits per heavy atom. The summed E-state index contributed by atoms with van der Waals surface area (Å²) in [6, 6.07) is 3.41. The maximum absolute atomic E-state index is 11.8. The molecule has 0 atom stereocenters. The van der Waals surface area contributed by atoms with Gasteiger partial charge in [-0.3, -0.25) is 4.79 Å². The van der Waals surface area contributed by atoms with Crippen molar-refractivity contribution in [2.24, 2.45) is 5.73 Å². The second-order valence-corrected chi connectivity index (χ2v) is 5.04. The van der Waals surface area contributed by atoms with E-state index >= 15 is 0 Å². The number of anilines is 1. The van der Waals surface area contributed by atoms with Gasteiger partial charge in [0.05, 0.1) is 5.02 Å². The molecule has 1 aromatic rings. The summed E-state index contributed by atoms with van der Waals surface area (Å²) in [6.45, 7) is 0. The summed E-state index contributed by atoms with van der Waals surface area (Å²) in [7, 11) is 0. The van der Waals surface area contributed by atoms with E-state index < -0.39 is 0 Å². The summed E-state index contributed by atoms with van der Waals surface area (Å²) < 4.78 is 0. The molecule has 0 bridgehead atoms. The van der Waals surface area contributed by atoms with Gasteiger partial charge < -0.3 is 11.1 Å². The van der Waals surface area contributed by atoms with Gasteiger partial charge in [-0.05, 0) is 25.0 Å². The van der Waals surface area contributed by atoms with Crippen molar-refractivity contribution < 1.29 is 4.79 Å². The molecule has 2 rings (SSSR count). The summed E-state index contributed by atoms with van der Waals surface area (Å²) in [5, 5.41) is 3.14. The van der Waals surface area contributed by atoms with E-state index in [1.54, 1.807) is 18.3 Å². The molecule has 1 heterocycles. The van der Waals surface area contributed by atoms with Gasteiger partial charge in [-0.15, -0.1) is 0 Å². The molecular formula is C12H16ClN3O. The van der Waals surface area contributed by atoms with Gasteiger partial charge in [0.2, 0.25) is 5.91 Å². The Bertz CT molecular complexity index is 416. The fraction of sp³-hybridized carbons (Fsp3) is 0.500. The molecule has 1 aliphatic rings. The van der Waals surface area contributed by atoms with E-state index in [1.807, 2.05) is 0 Å². The number of aromatic nitrogens is 1. The summed E-state index contributed by atoms with van der Waals surface area (Å²) in [6.07, 6.45) is 5.96. The number of nitrogens with zero attached hydrogens (tertiary/aromatic N) is 1. The molecule has 0 saturated heterocycles. The number of nitrogens with two attached hydrogens (primary N) is 1. The van der Waals surface area contributed by atoms with Crippen LogP contribution in [-0.4, -0.2) is 16.4 Å². The van der Waals surface area contributed by atoms with Crippen molar-refractivity contribution in [3.8, 4) is 0 Å². The largest absolute Gasteiger partial charge is 0.325 e. The number of amides is 1. The van der Waals surface area contributed by atoms with Crippen LogP contribution < -0.4 is 11.1 Å². The molecule has 1 saturated carbocycles. The molecule has 0 unspecified atom stereocenters. The Morgan fingerprint density at radius 2 is 2.24 bits per heavy atom. The van der Waals surface area contributed by atoms with E-state index in [2.05, 4.69) is 10.3 Å². The van der Waals surface area contributed by atoms with E-state index in [4.69, 9.17) is 17.3 Å². The number of hydrogen-bond acceptors (Lipinski definition) is 3. The number of rotatable bonds is 3. The average Bonchev–Trinajstić information content (AvgIpc) is 2.68. The smallest absolute Gasteiger partial charge is 0.227 e. The SMILES string of the molecule is NC1(CC(=O)Nc2ncccc2Cl)CCCC1. The zero-order valence-corrected chi connectivity index (χ0v) is 10.3. The monoisotopic (exact) mass is 253 g/mol. The van der Waals surface area contributed by atoms with Crippen molar-refractivity contribution in [3.05, 3.63) is 23.4 Å². The van der Waals surface area contributed by atoms with Crippen molar-refractivity contribution in [2.75, 3.05) is 5.32 Å². The number of carbonyl (C=O) groups is 1. The standard InChI is InChI=1S/C12H16ClN3O/c13-9-4-3-7-15-11(9)16-10(17)8-12(14)5-1-2-6-12/h3-4,7H,1-2,5-6,8,14H2,(H,15,16,17). The number of pyridine rings is 1. The molecule has 17 heavy (non-hydrogen) atoms. The van der Waals surface area contributed by atoms with Crippen molar-refractivity contribution >= 4 is 23.3 Å². The number of nitrogens with one attached hydrogen (secondary N) is 1. The molecule has 3 N–H and O–H groups in total. The van der Waals surface area contributed by atoms with Crippen LogP contribution in [0.4, 0.5) is 5.82 Å². The highest BCUT2D eigenvalue weighted by molar-refractivity contribution is 6.33. The van der Waals surface area contributed by atoms with Crippen LogP contribution in [-0.2, 0) is 4.79 Å². The number of hydrogen-bond donors (Lipinski definition) is 2. The highest BCUT2D eigenvalue weighted by Gasteiger charge is 2.31. The molecule has 0 radical (unpaired) electrons. The van der Waals surface area contributed by atoms with Crippen molar-refractivity contribution in [3.63, 3.8) is 0 Å². The van der Waals surface area contributed by atoms with E-state index in [9.17, 15) is 4.79 Å².